The van der Waals surface area contributed by atoms with Crippen molar-refractivity contribution in [2.24, 2.45) is 0 Å². The number of aromatic hydroxyl groups is 1. The maximum absolute atomic E-state index is 11.7. The van der Waals surface area contributed by atoms with E-state index in [2.05, 4.69) is 20.9 Å². The topological polar surface area (TPSA) is 59.4 Å². The van der Waals surface area contributed by atoms with E-state index in [9.17, 15) is 9.90 Å². The second kappa shape index (κ2) is 6.05. The van der Waals surface area contributed by atoms with E-state index in [1.165, 1.54) is 6.92 Å². The molecule has 0 radical (unpaired) electrons. The van der Waals surface area contributed by atoms with Crippen LogP contribution in [0.2, 0.25) is 0 Å². The summed E-state index contributed by atoms with van der Waals surface area (Å²) in [5, 5.41) is 10.0. The number of ether oxygens (including phenoxy) is 1. The lowest BCUT2D eigenvalue weighted by Crippen LogP contribution is -2.06. The first-order chi connectivity index (χ1) is 9.50. The summed E-state index contributed by atoms with van der Waals surface area (Å²) in [5.41, 5.74) is 1.78. The van der Waals surface area contributed by atoms with Gasteiger partial charge in [0.25, 0.3) is 0 Å². The van der Waals surface area contributed by atoms with Crippen LogP contribution in [0.3, 0.4) is 0 Å². The van der Waals surface area contributed by atoms with Crippen LogP contribution in [0.15, 0.2) is 34.9 Å². The van der Waals surface area contributed by atoms with Gasteiger partial charge >= 0.3 is 0 Å². The molecule has 104 valence electrons. The SMILES string of the molecule is CC(=O)c1c(C)nc(Br)c(O)c1OCc1ccccc1. The number of ketones is 1. The van der Waals surface area contributed by atoms with Gasteiger partial charge in [0.1, 0.15) is 6.61 Å². The molecule has 0 aliphatic carbocycles. The number of hydrogen-bond acceptors (Lipinski definition) is 4. The minimum Gasteiger partial charge on any atom is -0.502 e. The number of hydrogen-bond donors (Lipinski definition) is 1. The molecule has 0 atom stereocenters. The predicted octanol–water partition coefficient (Wildman–Crippen LogP) is 3.64. The number of Topliss-reactive ketones (excluding diaryl/α,β-unsaturated/α-hetero) is 1. The molecule has 2 aromatic rings. The Morgan fingerprint density at radius 3 is 2.60 bits per heavy atom. The van der Waals surface area contributed by atoms with Crippen LogP contribution < -0.4 is 4.74 Å². The minimum absolute atomic E-state index is 0.156. The summed E-state index contributed by atoms with van der Waals surface area (Å²) < 4.78 is 5.90. The van der Waals surface area contributed by atoms with Crippen LogP contribution in [0.1, 0.15) is 28.5 Å². The first kappa shape index (κ1) is 14.5. The van der Waals surface area contributed by atoms with Gasteiger partial charge < -0.3 is 9.84 Å². The zero-order valence-electron chi connectivity index (χ0n) is 11.2. The van der Waals surface area contributed by atoms with Crippen LogP contribution in [0.5, 0.6) is 11.5 Å². The van der Waals surface area contributed by atoms with Crippen LogP contribution in [0.4, 0.5) is 0 Å². The third-order valence-electron chi connectivity index (χ3n) is 2.84. The molecule has 0 bridgehead atoms. The largest absolute Gasteiger partial charge is 0.502 e. The van der Waals surface area contributed by atoms with Gasteiger partial charge in [-0.25, -0.2) is 4.98 Å². The summed E-state index contributed by atoms with van der Waals surface area (Å²) in [6.45, 7) is 3.40. The molecule has 0 saturated heterocycles. The van der Waals surface area contributed by atoms with Crippen molar-refractivity contribution in [3.8, 4) is 11.5 Å². The molecule has 5 heteroatoms. The van der Waals surface area contributed by atoms with Crippen molar-refractivity contribution in [3.05, 3.63) is 51.8 Å². The molecule has 2 rings (SSSR count). The highest BCUT2D eigenvalue weighted by Crippen LogP contribution is 2.38. The highest BCUT2D eigenvalue weighted by atomic mass is 79.9. The summed E-state index contributed by atoms with van der Waals surface area (Å²) in [6, 6.07) is 9.53. The number of pyridine rings is 1. The highest BCUT2D eigenvalue weighted by molar-refractivity contribution is 9.10. The standard InChI is InChI=1S/C15H14BrNO3/c1-9-12(10(2)18)14(13(19)15(16)17-9)20-8-11-6-4-3-5-7-11/h3-7,19H,8H2,1-2H3. The quantitative estimate of drug-likeness (QED) is 0.684. The molecule has 1 aromatic carbocycles. The molecule has 1 aromatic heterocycles. The minimum atomic E-state index is -0.194. The van der Waals surface area contributed by atoms with Gasteiger partial charge in [-0.2, -0.15) is 0 Å². The van der Waals surface area contributed by atoms with Crippen LogP contribution in [0, 0.1) is 6.92 Å². The molecule has 4 nitrogen and oxygen atoms in total. The fraction of sp³-hybridized carbons (Fsp3) is 0.200. The second-order valence-corrected chi connectivity index (χ2v) is 5.12. The number of aromatic nitrogens is 1. The van der Waals surface area contributed by atoms with Crippen molar-refractivity contribution in [2.45, 2.75) is 20.5 Å². The summed E-state index contributed by atoms with van der Waals surface area (Å²) in [4.78, 5) is 15.8. The Morgan fingerprint density at radius 2 is 2.00 bits per heavy atom. The summed E-state index contributed by atoms with van der Waals surface area (Å²) in [7, 11) is 0. The lowest BCUT2D eigenvalue weighted by atomic mass is 10.1. The predicted molar refractivity (Wildman–Crippen MR) is 79.1 cm³/mol. The normalized spacial score (nSPS) is 10.3. The van der Waals surface area contributed by atoms with E-state index in [1.54, 1.807) is 6.92 Å². The molecule has 0 aliphatic heterocycles. The summed E-state index contributed by atoms with van der Waals surface area (Å²) in [5.74, 6) is -0.182. The van der Waals surface area contributed by atoms with Crippen LogP contribution in [0.25, 0.3) is 0 Å². The van der Waals surface area contributed by atoms with Crippen molar-refractivity contribution in [3.63, 3.8) is 0 Å². The monoisotopic (exact) mass is 335 g/mol. The number of rotatable bonds is 4. The Balaban J connectivity index is 2.37. The number of halogens is 1. The Labute approximate surface area is 125 Å². The van der Waals surface area contributed by atoms with Gasteiger partial charge in [-0.1, -0.05) is 30.3 Å². The van der Waals surface area contributed by atoms with E-state index in [4.69, 9.17) is 4.74 Å². The summed E-state index contributed by atoms with van der Waals surface area (Å²) in [6.07, 6.45) is 0. The molecule has 0 fully saturated rings. The number of carbonyl (C=O) groups is 1. The van der Waals surface area contributed by atoms with Crippen molar-refractivity contribution >= 4 is 21.7 Å². The maximum Gasteiger partial charge on any atom is 0.192 e. The Bertz CT molecular complexity index is 641. The van der Waals surface area contributed by atoms with E-state index in [-0.39, 0.29) is 28.5 Å². The molecule has 20 heavy (non-hydrogen) atoms. The van der Waals surface area contributed by atoms with Crippen molar-refractivity contribution in [1.29, 1.82) is 0 Å². The van der Waals surface area contributed by atoms with E-state index in [0.717, 1.165) is 5.56 Å². The van der Waals surface area contributed by atoms with Gasteiger partial charge in [-0.05, 0) is 35.3 Å². The maximum atomic E-state index is 11.7. The molecule has 0 amide bonds. The van der Waals surface area contributed by atoms with Gasteiger partial charge in [0.15, 0.2) is 21.9 Å². The van der Waals surface area contributed by atoms with Gasteiger partial charge in [-0.15, -0.1) is 0 Å². The average molecular weight is 336 g/mol. The molecule has 0 unspecified atom stereocenters. The van der Waals surface area contributed by atoms with Gasteiger partial charge in [0.2, 0.25) is 0 Å². The van der Waals surface area contributed by atoms with Gasteiger partial charge in [-0.3, -0.25) is 4.79 Å². The lowest BCUT2D eigenvalue weighted by molar-refractivity contribution is 0.101. The summed E-state index contributed by atoms with van der Waals surface area (Å²) >= 11 is 3.15. The number of carbonyl (C=O) groups excluding carboxylic acids is 1. The fourth-order valence-corrected chi connectivity index (χ4v) is 2.36. The van der Waals surface area contributed by atoms with Gasteiger partial charge in [0.05, 0.1) is 11.3 Å². The van der Waals surface area contributed by atoms with Crippen LogP contribution in [-0.4, -0.2) is 15.9 Å². The molecule has 0 aliphatic rings. The molecular weight excluding hydrogens is 322 g/mol. The van der Waals surface area contributed by atoms with E-state index in [1.807, 2.05) is 30.3 Å². The Morgan fingerprint density at radius 1 is 1.35 bits per heavy atom. The molecular formula is C15H14BrNO3. The van der Waals surface area contributed by atoms with Crippen molar-refractivity contribution in [1.82, 2.24) is 4.98 Å². The van der Waals surface area contributed by atoms with Crippen LogP contribution in [-0.2, 0) is 6.61 Å². The van der Waals surface area contributed by atoms with Gasteiger partial charge in [0, 0.05) is 0 Å². The first-order valence-electron chi connectivity index (χ1n) is 6.07. The zero-order chi connectivity index (χ0) is 14.7. The fourth-order valence-electron chi connectivity index (χ4n) is 1.92. The average Bonchev–Trinajstić information content (AvgIpc) is 2.41. The lowest BCUT2D eigenvalue weighted by Gasteiger charge is -2.14. The smallest absolute Gasteiger partial charge is 0.192 e. The van der Waals surface area contributed by atoms with Crippen molar-refractivity contribution < 1.29 is 14.6 Å². The first-order valence-corrected chi connectivity index (χ1v) is 6.86. The number of aryl methyl sites for hydroxylation is 1. The number of nitrogens with zero attached hydrogens (tertiary/aromatic N) is 1. The molecule has 0 saturated carbocycles. The highest BCUT2D eigenvalue weighted by Gasteiger charge is 2.20. The molecule has 0 spiro atoms. The number of benzene rings is 1. The van der Waals surface area contributed by atoms with E-state index >= 15 is 0 Å². The third kappa shape index (κ3) is 2.99. The Kier molecular flexibility index (Phi) is 4.39. The third-order valence-corrected chi connectivity index (χ3v) is 3.40. The van der Waals surface area contributed by atoms with Crippen molar-refractivity contribution in [2.75, 3.05) is 0 Å². The molecule has 1 heterocycles. The van der Waals surface area contributed by atoms with Crippen LogP contribution >= 0.6 is 15.9 Å². The second-order valence-electron chi connectivity index (χ2n) is 4.37. The van der Waals surface area contributed by atoms with E-state index in [0.29, 0.717) is 11.3 Å². The van der Waals surface area contributed by atoms with E-state index < -0.39 is 0 Å². The Hall–Kier alpha value is -1.88. The molecule has 1 N–H and O–H groups in total. The zero-order valence-corrected chi connectivity index (χ0v) is 12.8.